The maximum absolute atomic E-state index is 5.95. The molecular formula is C7H4Cl2N4S2. The molecule has 2 aromatic rings. The molecule has 0 radical (unpaired) electrons. The zero-order valence-corrected chi connectivity index (χ0v) is 10.3. The first-order valence-corrected chi connectivity index (χ1v) is 6.07. The van der Waals surface area contributed by atoms with E-state index in [0.29, 0.717) is 15.1 Å². The van der Waals surface area contributed by atoms with E-state index in [4.69, 9.17) is 28.9 Å². The highest BCUT2D eigenvalue weighted by Gasteiger charge is 2.10. The summed E-state index contributed by atoms with van der Waals surface area (Å²) in [6.45, 7) is 0. The van der Waals surface area contributed by atoms with Gasteiger partial charge in [0.15, 0.2) is 4.34 Å². The van der Waals surface area contributed by atoms with E-state index < -0.39 is 0 Å². The van der Waals surface area contributed by atoms with E-state index in [2.05, 4.69) is 14.3 Å². The Kier molecular flexibility index (Phi) is 3.30. The van der Waals surface area contributed by atoms with Gasteiger partial charge >= 0.3 is 0 Å². The van der Waals surface area contributed by atoms with Crippen molar-refractivity contribution in [3.8, 4) is 0 Å². The van der Waals surface area contributed by atoms with Crippen LogP contribution in [0.3, 0.4) is 0 Å². The molecule has 0 saturated heterocycles. The lowest BCUT2D eigenvalue weighted by Gasteiger charge is -2.03. The normalized spacial score (nSPS) is 10.5. The van der Waals surface area contributed by atoms with E-state index in [1.54, 1.807) is 6.07 Å². The Hall–Kier alpha value is -0.560. The quantitative estimate of drug-likeness (QED) is 0.915. The molecule has 2 N–H and O–H groups in total. The Bertz CT molecular complexity index is 474. The molecule has 0 amide bonds. The lowest BCUT2D eigenvalue weighted by atomic mass is 10.5. The van der Waals surface area contributed by atoms with Crippen LogP contribution in [-0.4, -0.2) is 14.3 Å². The number of anilines is 1. The average molecular weight is 279 g/mol. The molecule has 0 unspecified atom stereocenters. The Balaban J connectivity index is 2.33. The molecule has 2 rings (SSSR count). The highest BCUT2D eigenvalue weighted by atomic mass is 35.5. The molecule has 2 aromatic heterocycles. The monoisotopic (exact) mass is 278 g/mol. The van der Waals surface area contributed by atoms with Crippen molar-refractivity contribution in [3.63, 3.8) is 0 Å². The molecule has 0 fully saturated rings. The minimum atomic E-state index is 0.257. The summed E-state index contributed by atoms with van der Waals surface area (Å²) in [7, 11) is 0. The first kappa shape index (κ1) is 10.9. The van der Waals surface area contributed by atoms with Crippen LogP contribution >= 0.6 is 46.5 Å². The van der Waals surface area contributed by atoms with Gasteiger partial charge in [-0.3, -0.25) is 0 Å². The Morgan fingerprint density at radius 3 is 2.80 bits per heavy atom. The number of hydrogen-bond acceptors (Lipinski definition) is 6. The van der Waals surface area contributed by atoms with Gasteiger partial charge < -0.3 is 5.73 Å². The van der Waals surface area contributed by atoms with Gasteiger partial charge in [-0.05, 0) is 29.4 Å². The van der Waals surface area contributed by atoms with E-state index in [-0.39, 0.29) is 5.82 Å². The van der Waals surface area contributed by atoms with Gasteiger partial charge in [0.1, 0.15) is 17.2 Å². The van der Waals surface area contributed by atoms with Gasteiger partial charge in [-0.15, -0.1) is 0 Å². The standard InChI is InChI=1S/C7H4Cl2N4S2/c8-3-1-4(9)6(13-5(3)10)14-7-11-2-12-15-7/h1-2H,(H2,10,13). The second kappa shape index (κ2) is 4.52. The number of aromatic nitrogens is 3. The van der Waals surface area contributed by atoms with Crippen molar-refractivity contribution in [2.24, 2.45) is 0 Å². The molecular weight excluding hydrogens is 275 g/mol. The third-order valence-electron chi connectivity index (χ3n) is 1.45. The molecule has 0 spiro atoms. The molecule has 0 saturated carbocycles. The van der Waals surface area contributed by atoms with Crippen molar-refractivity contribution < 1.29 is 0 Å². The van der Waals surface area contributed by atoms with Crippen LogP contribution < -0.4 is 5.73 Å². The summed E-state index contributed by atoms with van der Waals surface area (Å²) in [5.74, 6) is 0.257. The molecule has 2 heterocycles. The fraction of sp³-hybridized carbons (Fsp3) is 0. The van der Waals surface area contributed by atoms with Crippen molar-refractivity contribution in [2.75, 3.05) is 5.73 Å². The van der Waals surface area contributed by atoms with Crippen LogP contribution in [0.1, 0.15) is 0 Å². The average Bonchev–Trinajstić information content (AvgIpc) is 2.67. The van der Waals surface area contributed by atoms with Crippen LogP contribution in [0.25, 0.3) is 0 Å². The van der Waals surface area contributed by atoms with Crippen LogP contribution in [0.5, 0.6) is 0 Å². The van der Waals surface area contributed by atoms with Crippen LogP contribution in [0.15, 0.2) is 21.8 Å². The van der Waals surface area contributed by atoms with Crippen LogP contribution in [-0.2, 0) is 0 Å². The molecule has 0 bridgehead atoms. The van der Waals surface area contributed by atoms with Gasteiger partial charge in [0.05, 0.1) is 10.0 Å². The Labute approximate surface area is 104 Å². The number of nitrogens with zero attached hydrogens (tertiary/aromatic N) is 3. The van der Waals surface area contributed by atoms with E-state index >= 15 is 0 Å². The van der Waals surface area contributed by atoms with E-state index in [0.717, 1.165) is 4.34 Å². The van der Waals surface area contributed by atoms with E-state index in [9.17, 15) is 0 Å². The third kappa shape index (κ3) is 2.52. The molecule has 8 heteroatoms. The predicted molar refractivity (Wildman–Crippen MR) is 62.7 cm³/mol. The highest BCUT2D eigenvalue weighted by Crippen LogP contribution is 2.34. The highest BCUT2D eigenvalue weighted by molar-refractivity contribution is 8.01. The van der Waals surface area contributed by atoms with Gasteiger partial charge in [-0.2, -0.15) is 4.37 Å². The van der Waals surface area contributed by atoms with Crippen molar-refractivity contribution in [3.05, 3.63) is 22.4 Å². The lowest BCUT2D eigenvalue weighted by Crippen LogP contribution is -1.93. The molecule has 0 aromatic carbocycles. The summed E-state index contributed by atoms with van der Waals surface area (Å²) in [6.07, 6.45) is 1.47. The third-order valence-corrected chi connectivity index (χ3v) is 3.87. The molecule has 0 atom stereocenters. The zero-order chi connectivity index (χ0) is 10.8. The molecule has 78 valence electrons. The minimum Gasteiger partial charge on any atom is -0.382 e. The van der Waals surface area contributed by atoms with Gasteiger partial charge in [-0.25, -0.2) is 9.97 Å². The summed E-state index contributed by atoms with van der Waals surface area (Å²) >= 11 is 14.3. The van der Waals surface area contributed by atoms with E-state index in [1.807, 2.05) is 0 Å². The van der Waals surface area contributed by atoms with Crippen molar-refractivity contribution in [1.29, 1.82) is 0 Å². The second-order valence-electron chi connectivity index (χ2n) is 2.45. The topological polar surface area (TPSA) is 64.7 Å². The SMILES string of the molecule is Nc1nc(Sc2ncns2)c(Cl)cc1Cl. The largest absolute Gasteiger partial charge is 0.382 e. The van der Waals surface area contributed by atoms with Gasteiger partial charge in [-0.1, -0.05) is 23.2 Å². The second-order valence-corrected chi connectivity index (χ2v) is 5.28. The maximum atomic E-state index is 5.95. The molecule has 4 nitrogen and oxygen atoms in total. The number of pyridine rings is 1. The van der Waals surface area contributed by atoms with Crippen LogP contribution in [0.4, 0.5) is 5.82 Å². The van der Waals surface area contributed by atoms with Crippen LogP contribution in [0.2, 0.25) is 10.0 Å². The Morgan fingerprint density at radius 2 is 2.13 bits per heavy atom. The smallest absolute Gasteiger partial charge is 0.176 e. The maximum Gasteiger partial charge on any atom is 0.176 e. The van der Waals surface area contributed by atoms with Gasteiger partial charge in [0.2, 0.25) is 0 Å². The van der Waals surface area contributed by atoms with Gasteiger partial charge in [0, 0.05) is 0 Å². The summed E-state index contributed by atoms with van der Waals surface area (Å²) < 4.78 is 4.63. The fourth-order valence-corrected chi connectivity index (χ4v) is 2.66. The molecule has 0 aliphatic carbocycles. The van der Waals surface area contributed by atoms with Crippen molar-refractivity contribution >= 4 is 52.3 Å². The summed E-state index contributed by atoms with van der Waals surface area (Å²) in [6, 6.07) is 1.56. The lowest BCUT2D eigenvalue weighted by molar-refractivity contribution is 1.13. The summed E-state index contributed by atoms with van der Waals surface area (Å²) in [4.78, 5) is 8.07. The molecule has 15 heavy (non-hydrogen) atoms. The van der Waals surface area contributed by atoms with Gasteiger partial charge in [0.25, 0.3) is 0 Å². The minimum absolute atomic E-state index is 0.257. The molecule has 0 aliphatic heterocycles. The number of nitrogens with two attached hydrogens (primary N) is 1. The number of halogens is 2. The number of nitrogen functional groups attached to an aromatic ring is 1. The van der Waals surface area contributed by atoms with E-state index in [1.165, 1.54) is 29.6 Å². The number of rotatable bonds is 2. The van der Waals surface area contributed by atoms with Crippen LogP contribution in [0, 0.1) is 0 Å². The zero-order valence-electron chi connectivity index (χ0n) is 7.15. The first-order valence-electron chi connectivity index (χ1n) is 3.73. The Morgan fingerprint density at radius 1 is 1.33 bits per heavy atom. The predicted octanol–water partition coefficient (Wildman–Crippen LogP) is 2.97. The molecule has 0 aliphatic rings. The summed E-state index contributed by atoms with van der Waals surface area (Å²) in [5, 5.41) is 1.38. The number of hydrogen-bond donors (Lipinski definition) is 1. The van der Waals surface area contributed by atoms with Crippen molar-refractivity contribution in [1.82, 2.24) is 14.3 Å². The summed E-state index contributed by atoms with van der Waals surface area (Å²) in [5.41, 5.74) is 5.57. The van der Waals surface area contributed by atoms with Crippen molar-refractivity contribution in [2.45, 2.75) is 9.37 Å². The fourth-order valence-electron chi connectivity index (χ4n) is 0.825. The first-order chi connectivity index (χ1) is 7.16.